The van der Waals surface area contributed by atoms with Crippen molar-refractivity contribution in [3.8, 4) is 5.75 Å². The topological polar surface area (TPSA) is 84.9 Å². The first-order chi connectivity index (χ1) is 10.9. The van der Waals surface area contributed by atoms with Gasteiger partial charge in [0.25, 0.3) is 5.91 Å². The van der Waals surface area contributed by atoms with Gasteiger partial charge in [-0.25, -0.2) is 0 Å². The van der Waals surface area contributed by atoms with Gasteiger partial charge in [0, 0.05) is 14.1 Å². The quantitative estimate of drug-likeness (QED) is 0.705. The molecular weight excluding hydrogens is 300 g/mol. The third kappa shape index (κ3) is 6.82. The molecule has 0 saturated carbocycles. The number of esters is 1. The van der Waals surface area contributed by atoms with Crippen LogP contribution in [0.25, 0.3) is 0 Å². The number of carbonyl (C=O) groups excluding carboxylic acids is 3. The van der Waals surface area contributed by atoms with Crippen molar-refractivity contribution in [3.05, 3.63) is 29.8 Å². The van der Waals surface area contributed by atoms with Gasteiger partial charge in [-0.1, -0.05) is 18.2 Å². The molecule has 0 unspecified atom stereocenters. The molecule has 0 atom stereocenters. The number of nitrogens with one attached hydrogen (secondary N) is 1. The normalized spacial score (nSPS) is 9.87. The number of para-hydroxylation sites is 1. The van der Waals surface area contributed by atoms with Crippen molar-refractivity contribution in [2.24, 2.45) is 0 Å². The van der Waals surface area contributed by atoms with Crippen LogP contribution in [0.5, 0.6) is 5.75 Å². The Morgan fingerprint density at radius 2 is 1.91 bits per heavy atom. The first kappa shape index (κ1) is 18.5. The van der Waals surface area contributed by atoms with Crippen LogP contribution in [-0.2, 0) is 19.1 Å². The summed E-state index contributed by atoms with van der Waals surface area (Å²) in [5, 5.41) is 2.41. The van der Waals surface area contributed by atoms with E-state index in [1.165, 1.54) is 19.0 Å². The minimum absolute atomic E-state index is 0.0424. The van der Waals surface area contributed by atoms with Gasteiger partial charge < -0.3 is 19.7 Å². The minimum Gasteiger partial charge on any atom is -0.493 e. The Hall–Kier alpha value is -2.57. The molecule has 0 bridgehead atoms. The Morgan fingerprint density at radius 1 is 1.22 bits per heavy atom. The molecule has 0 aliphatic carbocycles. The van der Waals surface area contributed by atoms with E-state index in [-0.39, 0.29) is 25.5 Å². The van der Waals surface area contributed by atoms with Gasteiger partial charge in [-0.15, -0.1) is 0 Å². The molecule has 0 saturated heterocycles. The van der Waals surface area contributed by atoms with E-state index in [0.29, 0.717) is 5.75 Å². The molecule has 1 aromatic carbocycles. The van der Waals surface area contributed by atoms with Crippen molar-refractivity contribution in [2.75, 3.05) is 33.9 Å². The molecule has 1 rings (SSSR count). The van der Waals surface area contributed by atoms with E-state index in [9.17, 15) is 14.4 Å². The molecule has 0 aliphatic heterocycles. The Balaban J connectivity index is 2.25. The summed E-state index contributed by atoms with van der Waals surface area (Å²) in [5.41, 5.74) is 0.979. The molecule has 2 amide bonds. The summed E-state index contributed by atoms with van der Waals surface area (Å²) in [6, 6.07) is 7.48. The largest absolute Gasteiger partial charge is 0.493 e. The van der Waals surface area contributed by atoms with Gasteiger partial charge in [0.2, 0.25) is 5.91 Å². The van der Waals surface area contributed by atoms with E-state index >= 15 is 0 Å². The van der Waals surface area contributed by atoms with E-state index in [0.717, 1.165) is 5.56 Å². The molecule has 0 spiro atoms. The second-order valence-corrected chi connectivity index (χ2v) is 4.95. The Labute approximate surface area is 135 Å². The fourth-order valence-corrected chi connectivity index (χ4v) is 1.67. The van der Waals surface area contributed by atoms with Gasteiger partial charge in [-0.2, -0.15) is 0 Å². The van der Waals surface area contributed by atoms with Crippen LogP contribution in [0.3, 0.4) is 0 Å². The molecular formula is C16H22N2O5. The third-order valence-corrected chi connectivity index (χ3v) is 3.10. The zero-order chi connectivity index (χ0) is 17.2. The molecule has 0 aromatic heterocycles. The fourth-order valence-electron chi connectivity index (χ4n) is 1.67. The second-order valence-electron chi connectivity index (χ2n) is 4.95. The number of rotatable bonds is 8. The predicted molar refractivity (Wildman–Crippen MR) is 84.0 cm³/mol. The summed E-state index contributed by atoms with van der Waals surface area (Å²) in [5.74, 6) is -0.553. The number of amides is 2. The summed E-state index contributed by atoms with van der Waals surface area (Å²) in [4.78, 5) is 35.6. The first-order valence-electron chi connectivity index (χ1n) is 7.22. The number of benzene rings is 1. The molecule has 0 aliphatic rings. The van der Waals surface area contributed by atoms with Crippen LogP contribution in [0.2, 0.25) is 0 Å². The van der Waals surface area contributed by atoms with E-state index in [1.54, 1.807) is 0 Å². The maximum Gasteiger partial charge on any atom is 0.309 e. The van der Waals surface area contributed by atoms with Crippen LogP contribution in [0.4, 0.5) is 0 Å². The molecule has 126 valence electrons. The monoisotopic (exact) mass is 322 g/mol. The zero-order valence-corrected chi connectivity index (χ0v) is 13.6. The smallest absolute Gasteiger partial charge is 0.309 e. The maximum atomic E-state index is 11.7. The van der Waals surface area contributed by atoms with Gasteiger partial charge in [0.1, 0.15) is 5.75 Å². The van der Waals surface area contributed by atoms with Crippen molar-refractivity contribution in [3.63, 3.8) is 0 Å². The summed E-state index contributed by atoms with van der Waals surface area (Å²) in [7, 11) is 2.95. The van der Waals surface area contributed by atoms with Crippen LogP contribution < -0.4 is 10.1 Å². The molecule has 0 fully saturated rings. The van der Waals surface area contributed by atoms with Crippen molar-refractivity contribution in [1.29, 1.82) is 0 Å². The Morgan fingerprint density at radius 3 is 2.57 bits per heavy atom. The Kier molecular flexibility index (Phi) is 7.59. The number of likely N-dealkylation sites (N-methyl/N-ethyl adjacent to an activating group) is 2. The van der Waals surface area contributed by atoms with Crippen LogP contribution >= 0.6 is 0 Å². The number of nitrogens with zero attached hydrogens (tertiary/aromatic N) is 1. The summed E-state index contributed by atoms with van der Waals surface area (Å²) in [6.45, 7) is 1.61. The lowest BCUT2D eigenvalue weighted by molar-refractivity contribution is -0.152. The van der Waals surface area contributed by atoms with Gasteiger partial charge in [0.05, 0.1) is 19.6 Å². The molecule has 7 nitrogen and oxygen atoms in total. The molecule has 0 heterocycles. The summed E-state index contributed by atoms with van der Waals surface area (Å²) >= 11 is 0. The number of aryl methyl sites for hydroxylation is 1. The zero-order valence-electron chi connectivity index (χ0n) is 13.6. The Bertz CT molecular complexity index is 559. The third-order valence-electron chi connectivity index (χ3n) is 3.10. The molecule has 1 N–H and O–H groups in total. The maximum absolute atomic E-state index is 11.7. The number of ether oxygens (including phenoxy) is 2. The fraction of sp³-hybridized carbons (Fsp3) is 0.438. The van der Waals surface area contributed by atoms with Crippen molar-refractivity contribution in [1.82, 2.24) is 10.2 Å². The van der Waals surface area contributed by atoms with Crippen LogP contribution in [0.1, 0.15) is 12.0 Å². The average Bonchev–Trinajstić information content (AvgIpc) is 2.54. The first-order valence-corrected chi connectivity index (χ1v) is 7.22. The van der Waals surface area contributed by atoms with Crippen LogP contribution in [-0.4, -0.2) is 56.5 Å². The van der Waals surface area contributed by atoms with Crippen molar-refractivity contribution in [2.45, 2.75) is 13.3 Å². The lowest BCUT2D eigenvalue weighted by Gasteiger charge is -2.16. The summed E-state index contributed by atoms with van der Waals surface area (Å²) in [6.07, 6.45) is 0.0424. The minimum atomic E-state index is -0.528. The highest BCUT2D eigenvalue weighted by atomic mass is 16.5. The standard InChI is InChI=1S/C16H22N2O5/c1-12-6-4-5-7-13(12)22-9-8-16(21)23-11-15(20)18(3)10-14(19)17-2/h4-7H,8-11H2,1-3H3,(H,17,19). The number of hydrogen-bond acceptors (Lipinski definition) is 5. The van der Waals surface area contributed by atoms with Gasteiger partial charge in [-0.3, -0.25) is 14.4 Å². The van der Waals surface area contributed by atoms with Crippen LogP contribution in [0, 0.1) is 6.92 Å². The lowest BCUT2D eigenvalue weighted by Crippen LogP contribution is -2.39. The van der Waals surface area contributed by atoms with E-state index in [2.05, 4.69) is 5.32 Å². The van der Waals surface area contributed by atoms with Gasteiger partial charge in [-0.05, 0) is 18.6 Å². The molecule has 1 aromatic rings. The predicted octanol–water partition coefficient (Wildman–Crippen LogP) is 0.512. The molecule has 23 heavy (non-hydrogen) atoms. The highest BCUT2D eigenvalue weighted by Gasteiger charge is 2.14. The molecule has 7 heteroatoms. The highest BCUT2D eigenvalue weighted by Crippen LogP contribution is 2.16. The molecule has 0 radical (unpaired) electrons. The average molecular weight is 322 g/mol. The van der Waals surface area contributed by atoms with Crippen LogP contribution in [0.15, 0.2) is 24.3 Å². The SMILES string of the molecule is CNC(=O)CN(C)C(=O)COC(=O)CCOc1ccccc1C. The van der Waals surface area contributed by atoms with E-state index in [1.807, 2.05) is 31.2 Å². The second kappa shape index (κ2) is 9.45. The van der Waals surface area contributed by atoms with Crippen molar-refractivity contribution >= 4 is 17.8 Å². The number of hydrogen-bond donors (Lipinski definition) is 1. The van der Waals surface area contributed by atoms with Gasteiger partial charge in [0.15, 0.2) is 6.61 Å². The lowest BCUT2D eigenvalue weighted by atomic mass is 10.2. The number of carbonyl (C=O) groups is 3. The van der Waals surface area contributed by atoms with Crippen molar-refractivity contribution < 1.29 is 23.9 Å². The highest BCUT2D eigenvalue weighted by molar-refractivity contribution is 5.86. The van der Waals surface area contributed by atoms with Gasteiger partial charge >= 0.3 is 5.97 Å². The van der Waals surface area contributed by atoms with E-state index in [4.69, 9.17) is 9.47 Å². The van der Waals surface area contributed by atoms with E-state index < -0.39 is 18.5 Å². The summed E-state index contributed by atoms with van der Waals surface area (Å²) < 4.78 is 10.3.